The molecule has 0 aromatic heterocycles. The van der Waals surface area contributed by atoms with Gasteiger partial charge in [0.2, 0.25) is 0 Å². The highest BCUT2D eigenvalue weighted by Crippen LogP contribution is 2.36. The van der Waals surface area contributed by atoms with Gasteiger partial charge < -0.3 is 10.1 Å². The Morgan fingerprint density at radius 3 is 2.88 bits per heavy atom. The van der Waals surface area contributed by atoms with Gasteiger partial charge in [0, 0.05) is 0 Å². The lowest BCUT2D eigenvalue weighted by Gasteiger charge is -2.28. The third-order valence-electron chi connectivity index (χ3n) is 3.30. The lowest BCUT2D eigenvalue weighted by Crippen LogP contribution is -2.35. The van der Waals surface area contributed by atoms with E-state index < -0.39 is 12.5 Å². The predicted molar refractivity (Wildman–Crippen MR) is 62.8 cm³/mol. The van der Waals surface area contributed by atoms with Crippen LogP contribution >= 0.6 is 0 Å². The predicted octanol–water partition coefficient (Wildman–Crippen LogP) is 2.80. The second-order valence-corrected chi connectivity index (χ2v) is 4.34. The third-order valence-corrected chi connectivity index (χ3v) is 3.30. The van der Waals surface area contributed by atoms with Gasteiger partial charge in [0.1, 0.15) is 5.75 Å². The van der Waals surface area contributed by atoms with Crippen LogP contribution in [0.3, 0.4) is 0 Å². The van der Waals surface area contributed by atoms with Gasteiger partial charge >= 0.3 is 0 Å². The van der Waals surface area contributed by atoms with Crippen molar-refractivity contribution in [3.8, 4) is 5.75 Å². The number of alkyl halides is 2. The number of ether oxygens (including phenoxy) is 1. The molecule has 2 nitrogen and oxygen atoms in total. The Morgan fingerprint density at radius 2 is 2.18 bits per heavy atom. The second kappa shape index (κ2) is 5.45. The SMILES string of the molecule is CNC(CC1CCOc2ccccc21)C(F)F. The molecule has 0 bridgehead atoms. The maximum absolute atomic E-state index is 12.7. The average molecular weight is 241 g/mol. The fraction of sp³-hybridized carbons (Fsp3) is 0.538. The number of benzene rings is 1. The maximum atomic E-state index is 12.7. The minimum Gasteiger partial charge on any atom is -0.493 e. The van der Waals surface area contributed by atoms with E-state index in [-0.39, 0.29) is 5.92 Å². The first-order chi connectivity index (χ1) is 8.22. The highest BCUT2D eigenvalue weighted by Gasteiger charge is 2.27. The number of para-hydroxylation sites is 1. The zero-order valence-electron chi connectivity index (χ0n) is 9.83. The number of rotatable bonds is 4. The average Bonchev–Trinajstić information content (AvgIpc) is 2.35. The number of hydrogen-bond donors (Lipinski definition) is 1. The smallest absolute Gasteiger partial charge is 0.253 e. The van der Waals surface area contributed by atoms with Gasteiger partial charge in [-0.05, 0) is 37.4 Å². The van der Waals surface area contributed by atoms with Crippen LogP contribution in [0.2, 0.25) is 0 Å². The molecule has 0 saturated carbocycles. The summed E-state index contributed by atoms with van der Waals surface area (Å²) in [5.74, 6) is 0.999. The summed E-state index contributed by atoms with van der Waals surface area (Å²) >= 11 is 0. The lowest BCUT2D eigenvalue weighted by atomic mass is 9.87. The molecule has 17 heavy (non-hydrogen) atoms. The maximum Gasteiger partial charge on any atom is 0.253 e. The van der Waals surface area contributed by atoms with Gasteiger partial charge in [-0.2, -0.15) is 0 Å². The third kappa shape index (κ3) is 2.75. The van der Waals surface area contributed by atoms with Crippen molar-refractivity contribution in [2.24, 2.45) is 0 Å². The van der Waals surface area contributed by atoms with Gasteiger partial charge in [-0.15, -0.1) is 0 Å². The van der Waals surface area contributed by atoms with Crippen LogP contribution < -0.4 is 10.1 Å². The van der Waals surface area contributed by atoms with E-state index in [0.717, 1.165) is 17.7 Å². The van der Waals surface area contributed by atoms with Crippen molar-refractivity contribution in [3.05, 3.63) is 29.8 Å². The first-order valence-electron chi connectivity index (χ1n) is 5.89. The molecular formula is C13H17F2NO. The zero-order chi connectivity index (χ0) is 12.3. The molecule has 1 N–H and O–H groups in total. The standard InChI is InChI=1S/C13H17F2NO/c1-16-11(13(14)15)8-9-6-7-17-12-5-3-2-4-10(9)12/h2-5,9,11,13,16H,6-8H2,1H3. The first kappa shape index (κ1) is 12.3. The largest absolute Gasteiger partial charge is 0.493 e. The molecule has 1 aromatic carbocycles. The normalized spacial score (nSPS) is 20.8. The fourth-order valence-electron chi connectivity index (χ4n) is 2.31. The van der Waals surface area contributed by atoms with Crippen LogP contribution in [0.25, 0.3) is 0 Å². The molecule has 94 valence electrons. The van der Waals surface area contributed by atoms with Crippen molar-refractivity contribution in [1.29, 1.82) is 0 Å². The Bertz CT molecular complexity index is 370. The summed E-state index contributed by atoms with van der Waals surface area (Å²) in [6.07, 6.45) is -1.06. The van der Waals surface area contributed by atoms with E-state index >= 15 is 0 Å². The van der Waals surface area contributed by atoms with Crippen LogP contribution in [0.1, 0.15) is 24.3 Å². The molecule has 1 heterocycles. The molecule has 0 saturated heterocycles. The van der Waals surface area contributed by atoms with E-state index in [0.29, 0.717) is 13.0 Å². The second-order valence-electron chi connectivity index (χ2n) is 4.34. The van der Waals surface area contributed by atoms with E-state index in [9.17, 15) is 8.78 Å². The van der Waals surface area contributed by atoms with Crippen LogP contribution in [0.4, 0.5) is 8.78 Å². The topological polar surface area (TPSA) is 21.3 Å². The number of fused-ring (bicyclic) bond motifs is 1. The zero-order valence-corrected chi connectivity index (χ0v) is 9.83. The van der Waals surface area contributed by atoms with Gasteiger partial charge in [-0.1, -0.05) is 18.2 Å². The Labute approximate surface area is 100.0 Å². The Kier molecular flexibility index (Phi) is 3.94. The molecule has 1 aliphatic heterocycles. The summed E-state index contributed by atoms with van der Waals surface area (Å²) < 4.78 is 31.0. The molecule has 0 radical (unpaired) electrons. The van der Waals surface area contributed by atoms with Crippen molar-refractivity contribution in [2.45, 2.75) is 31.2 Å². The van der Waals surface area contributed by atoms with Crippen molar-refractivity contribution in [3.63, 3.8) is 0 Å². The Hall–Kier alpha value is -1.16. The number of hydrogen-bond acceptors (Lipinski definition) is 2. The van der Waals surface area contributed by atoms with Gasteiger partial charge in [0.15, 0.2) is 0 Å². The molecule has 2 rings (SSSR count). The molecule has 4 heteroatoms. The van der Waals surface area contributed by atoms with Gasteiger partial charge in [0.05, 0.1) is 12.6 Å². The summed E-state index contributed by atoms with van der Waals surface area (Å²) in [7, 11) is 1.59. The molecule has 1 aliphatic rings. The van der Waals surface area contributed by atoms with Crippen LogP contribution in [-0.2, 0) is 0 Å². The van der Waals surface area contributed by atoms with Crippen molar-refractivity contribution < 1.29 is 13.5 Å². The van der Waals surface area contributed by atoms with Crippen molar-refractivity contribution in [1.82, 2.24) is 5.32 Å². The quantitative estimate of drug-likeness (QED) is 0.875. The molecule has 0 amide bonds. The minimum absolute atomic E-state index is 0.159. The molecule has 1 aromatic rings. The highest BCUT2D eigenvalue weighted by atomic mass is 19.3. The van der Waals surface area contributed by atoms with Gasteiger partial charge in [-0.25, -0.2) is 8.78 Å². The van der Waals surface area contributed by atoms with Crippen LogP contribution in [-0.4, -0.2) is 26.1 Å². The molecule has 0 spiro atoms. The van der Waals surface area contributed by atoms with E-state index in [1.807, 2.05) is 24.3 Å². The monoisotopic (exact) mass is 241 g/mol. The van der Waals surface area contributed by atoms with Crippen LogP contribution in [0.15, 0.2) is 24.3 Å². The van der Waals surface area contributed by atoms with E-state index in [4.69, 9.17) is 4.74 Å². The summed E-state index contributed by atoms with van der Waals surface area (Å²) in [5.41, 5.74) is 1.06. The van der Waals surface area contributed by atoms with Crippen LogP contribution in [0.5, 0.6) is 5.75 Å². The molecule has 2 unspecified atom stereocenters. The first-order valence-corrected chi connectivity index (χ1v) is 5.89. The summed E-state index contributed by atoms with van der Waals surface area (Å²) in [5, 5.41) is 2.69. The van der Waals surface area contributed by atoms with E-state index in [2.05, 4.69) is 5.32 Å². The molecule has 0 fully saturated rings. The molecular weight excluding hydrogens is 224 g/mol. The highest BCUT2D eigenvalue weighted by molar-refractivity contribution is 5.37. The lowest BCUT2D eigenvalue weighted by molar-refractivity contribution is 0.0911. The van der Waals surface area contributed by atoms with Gasteiger partial charge in [-0.3, -0.25) is 0 Å². The summed E-state index contributed by atoms with van der Waals surface area (Å²) in [6.45, 7) is 0.612. The fourth-order valence-corrected chi connectivity index (χ4v) is 2.31. The molecule has 0 aliphatic carbocycles. The van der Waals surface area contributed by atoms with E-state index in [1.165, 1.54) is 0 Å². The Morgan fingerprint density at radius 1 is 1.41 bits per heavy atom. The van der Waals surface area contributed by atoms with Crippen molar-refractivity contribution >= 4 is 0 Å². The van der Waals surface area contributed by atoms with E-state index in [1.54, 1.807) is 7.05 Å². The van der Waals surface area contributed by atoms with Crippen LogP contribution in [0, 0.1) is 0 Å². The minimum atomic E-state index is -2.32. The van der Waals surface area contributed by atoms with Gasteiger partial charge in [0.25, 0.3) is 6.43 Å². The summed E-state index contributed by atoms with van der Waals surface area (Å²) in [6, 6.07) is 6.96. The Balaban J connectivity index is 2.13. The molecule has 2 atom stereocenters. The summed E-state index contributed by atoms with van der Waals surface area (Å²) in [4.78, 5) is 0. The van der Waals surface area contributed by atoms with Crippen molar-refractivity contribution in [2.75, 3.05) is 13.7 Å². The number of halogens is 2. The number of nitrogens with one attached hydrogen (secondary N) is 1.